The van der Waals surface area contributed by atoms with Crippen LogP contribution in [0.15, 0.2) is 352 Å². The van der Waals surface area contributed by atoms with Crippen molar-refractivity contribution in [3.8, 4) is 124 Å². The van der Waals surface area contributed by atoms with E-state index in [1.54, 1.807) is 0 Å². The van der Waals surface area contributed by atoms with Crippen molar-refractivity contribution < 1.29 is 40.9 Å². The number of phenolic OH excluding ortho intramolecular Hbond substituents is 8. The standard InChI is InChI=1S/C114H70O8/c115-107-77(53-75-45-43-65-41-39-61-27-17-29-63-47-49-87(75)97(65)95(61)63)51-67-19-1-9-31-79(67)99(107)101-81-33-11-3-21-69(81)55-89(109(101)117)91-57-71-23-5-13-35-83(71)103(111(91)119)105-85-37-15-7-25-73(85)59-93(113(105)121)94-60-74-26-8-16-38-86(74)106(114(94)122)104-84-36-14-6-24-72(84)58-92(112(104)120)90-56-70-22-4-12-34-82(70)102(110(90)118)100-80-32-10-2-20-68(80)52-78(108(100)116)54-76-46-44-66-42-40-62-28-18-30-64-48-50-88(76)98(66)96(62)64/h1-52,55-60,115-122H,53-54H2. The van der Waals surface area contributed by atoms with Crippen LogP contribution in [0.3, 0.4) is 0 Å². The normalized spacial score (nSPS) is 12.1. The summed E-state index contributed by atoms with van der Waals surface area (Å²) in [5.74, 6) is -1.38. The summed E-state index contributed by atoms with van der Waals surface area (Å²) in [6.07, 6.45) is 0.750. The third-order valence-corrected chi connectivity index (χ3v) is 26.2. The minimum Gasteiger partial charge on any atom is -0.507 e. The number of hydrogen-bond acceptors (Lipinski definition) is 8. The summed E-state index contributed by atoms with van der Waals surface area (Å²) in [5.41, 5.74) is 7.53. The second-order valence-corrected chi connectivity index (χ2v) is 32.7. The number of aromatic hydroxyl groups is 8. The van der Waals surface area contributed by atoms with E-state index in [0.29, 0.717) is 111 Å². The third-order valence-electron chi connectivity index (χ3n) is 26.2. The summed E-state index contributed by atoms with van der Waals surface area (Å²) in [6, 6.07) is 116. The van der Waals surface area contributed by atoms with Crippen LogP contribution in [-0.2, 0) is 12.8 Å². The van der Waals surface area contributed by atoms with E-state index in [1.807, 2.05) is 243 Å². The van der Waals surface area contributed by atoms with E-state index in [2.05, 4.69) is 109 Å². The number of phenols is 8. The smallest absolute Gasteiger partial charge is 0.132 e. The van der Waals surface area contributed by atoms with Gasteiger partial charge in [0.05, 0.1) is 0 Å². The summed E-state index contributed by atoms with van der Waals surface area (Å²) < 4.78 is 0. The van der Waals surface area contributed by atoms with Crippen LogP contribution in [0.2, 0.25) is 0 Å². The van der Waals surface area contributed by atoms with Crippen molar-refractivity contribution in [1.29, 1.82) is 0 Å². The quantitative estimate of drug-likeness (QED) is 0.0594. The topological polar surface area (TPSA) is 162 Å². The molecule has 0 aliphatic carbocycles. The molecule has 0 bridgehead atoms. The monoisotopic (exact) mass is 1570 g/mol. The summed E-state index contributed by atoms with van der Waals surface area (Å²) >= 11 is 0. The average molecular weight is 1570 g/mol. The molecule has 0 fully saturated rings. The first-order valence-corrected chi connectivity index (χ1v) is 41.1. The van der Waals surface area contributed by atoms with Gasteiger partial charge in [0.1, 0.15) is 46.0 Å². The second kappa shape index (κ2) is 26.7. The molecule has 122 heavy (non-hydrogen) atoms. The van der Waals surface area contributed by atoms with Crippen LogP contribution < -0.4 is 0 Å². The molecule has 0 aliphatic rings. The van der Waals surface area contributed by atoms with Gasteiger partial charge < -0.3 is 40.9 Å². The van der Waals surface area contributed by atoms with Crippen LogP contribution in [0.4, 0.5) is 0 Å². The fraction of sp³-hybridized carbons (Fsp3) is 0.0175. The van der Waals surface area contributed by atoms with Gasteiger partial charge in [-0.3, -0.25) is 0 Å². The molecule has 0 spiro atoms. The Morgan fingerprint density at radius 2 is 0.311 bits per heavy atom. The van der Waals surface area contributed by atoms with Gasteiger partial charge in [0.2, 0.25) is 0 Å². The van der Waals surface area contributed by atoms with Crippen LogP contribution in [0.1, 0.15) is 22.3 Å². The summed E-state index contributed by atoms with van der Waals surface area (Å²) in [7, 11) is 0. The third kappa shape index (κ3) is 10.3. The summed E-state index contributed by atoms with van der Waals surface area (Å²) in [5, 5.41) is 134. The van der Waals surface area contributed by atoms with Crippen LogP contribution >= 0.6 is 0 Å². The van der Waals surface area contributed by atoms with Crippen molar-refractivity contribution in [3.05, 3.63) is 374 Å². The van der Waals surface area contributed by atoms with Crippen molar-refractivity contribution in [3.63, 3.8) is 0 Å². The Morgan fingerprint density at radius 3 is 0.549 bits per heavy atom. The van der Waals surface area contributed by atoms with Gasteiger partial charge in [-0.1, -0.05) is 303 Å². The zero-order valence-corrected chi connectivity index (χ0v) is 65.5. The average Bonchev–Trinajstić information content (AvgIpc) is 0.717. The molecule has 0 heterocycles. The molecule has 8 nitrogen and oxygen atoms in total. The number of hydrogen-bond donors (Lipinski definition) is 8. The van der Waals surface area contributed by atoms with Gasteiger partial charge in [0, 0.05) is 90.7 Å². The molecule has 0 amide bonds. The molecule has 8 N–H and O–H groups in total. The van der Waals surface area contributed by atoms with Crippen LogP contribution in [0, 0.1) is 0 Å². The van der Waals surface area contributed by atoms with Crippen molar-refractivity contribution >= 4 is 151 Å². The van der Waals surface area contributed by atoms with E-state index in [1.165, 1.54) is 21.5 Å². The molecule has 8 heteroatoms. The highest BCUT2D eigenvalue weighted by Crippen LogP contribution is 2.61. The Bertz CT molecular complexity index is 8160. The largest absolute Gasteiger partial charge is 0.507 e. The molecule has 0 radical (unpaired) electrons. The maximum Gasteiger partial charge on any atom is 0.132 e. The molecule has 24 rings (SSSR count). The van der Waals surface area contributed by atoms with Crippen molar-refractivity contribution in [2.75, 3.05) is 0 Å². The molecule has 24 aromatic rings. The molecule has 0 aromatic heterocycles. The summed E-state index contributed by atoms with van der Waals surface area (Å²) in [4.78, 5) is 0. The molecule has 0 saturated carbocycles. The SMILES string of the molecule is Oc1c(Cc2ccc3ccc4cccc5ccc2c3c45)cc2ccccc2c1-c1c(O)c(-c2cc3ccccc3c(-c3c(O)c(-c4cc5ccccc5c(-c5c(O)c(-c6cc7ccccc7c(-c7c(O)c(Cc8ccc9ccc%10cccc%11ccc8c9c%10%11)cc8ccccc78)c6O)cc6ccccc56)c4O)cc4ccccc34)c2O)cc2ccccc12. The van der Waals surface area contributed by atoms with E-state index < -0.39 is 0 Å². The zero-order chi connectivity index (χ0) is 81.6. The number of rotatable bonds is 11. The Morgan fingerprint density at radius 1 is 0.131 bits per heavy atom. The Hall–Kier alpha value is -16.2. The van der Waals surface area contributed by atoms with E-state index in [-0.39, 0.29) is 102 Å². The molecule has 0 saturated heterocycles. The molecule has 0 atom stereocenters. The van der Waals surface area contributed by atoms with E-state index in [4.69, 9.17) is 0 Å². The highest BCUT2D eigenvalue weighted by Gasteiger charge is 2.33. The van der Waals surface area contributed by atoms with E-state index >= 15 is 0 Å². The maximum absolute atomic E-state index is 13.9. The first-order valence-electron chi connectivity index (χ1n) is 41.1. The second-order valence-electron chi connectivity index (χ2n) is 32.7. The minimum absolute atomic E-state index is 0.0132. The van der Waals surface area contributed by atoms with Gasteiger partial charge in [0.25, 0.3) is 0 Å². The van der Waals surface area contributed by atoms with Crippen molar-refractivity contribution in [2.45, 2.75) is 12.8 Å². The van der Waals surface area contributed by atoms with E-state index in [0.717, 1.165) is 75.8 Å². The van der Waals surface area contributed by atoms with E-state index in [9.17, 15) is 40.9 Å². The molecular weight excluding hydrogens is 1500 g/mol. The molecule has 0 aliphatic heterocycles. The first kappa shape index (κ1) is 70.1. The van der Waals surface area contributed by atoms with Gasteiger partial charge in [-0.2, -0.15) is 0 Å². The van der Waals surface area contributed by atoms with Crippen LogP contribution in [0.5, 0.6) is 46.0 Å². The van der Waals surface area contributed by atoms with Crippen LogP contribution in [0.25, 0.3) is 229 Å². The van der Waals surface area contributed by atoms with Crippen LogP contribution in [-0.4, -0.2) is 40.9 Å². The van der Waals surface area contributed by atoms with Gasteiger partial charge in [0.15, 0.2) is 0 Å². The molecular formula is C114H70O8. The lowest BCUT2D eigenvalue weighted by Crippen LogP contribution is -1.97. The van der Waals surface area contributed by atoms with Crippen molar-refractivity contribution in [2.24, 2.45) is 0 Å². The Labute approximate surface area is 698 Å². The minimum atomic E-state index is -0.272. The van der Waals surface area contributed by atoms with Gasteiger partial charge in [-0.25, -0.2) is 0 Å². The lowest BCUT2D eigenvalue weighted by Gasteiger charge is -2.23. The number of benzene rings is 24. The zero-order valence-electron chi connectivity index (χ0n) is 65.5. The number of fused-ring (bicyclic) bond motifs is 8. The lowest BCUT2D eigenvalue weighted by atomic mass is 9.82. The highest BCUT2D eigenvalue weighted by atomic mass is 16.3. The maximum atomic E-state index is 13.9. The predicted octanol–water partition coefficient (Wildman–Crippen LogP) is 29.2. The Balaban J connectivity index is 0.682. The van der Waals surface area contributed by atoms with Crippen molar-refractivity contribution in [1.82, 2.24) is 0 Å². The highest BCUT2D eigenvalue weighted by molar-refractivity contribution is 6.27. The van der Waals surface area contributed by atoms with Gasteiger partial charge in [-0.05, 0) is 222 Å². The molecule has 574 valence electrons. The van der Waals surface area contributed by atoms with Gasteiger partial charge in [-0.15, -0.1) is 0 Å². The Kier molecular flexibility index (Phi) is 15.3. The lowest BCUT2D eigenvalue weighted by molar-refractivity contribution is 0.464. The predicted molar refractivity (Wildman–Crippen MR) is 504 cm³/mol. The fourth-order valence-electron chi connectivity index (χ4n) is 20.6. The fourth-order valence-corrected chi connectivity index (χ4v) is 20.6. The first-order chi connectivity index (χ1) is 59.8. The molecule has 24 aromatic carbocycles. The molecule has 0 unspecified atom stereocenters. The summed E-state index contributed by atoms with van der Waals surface area (Å²) in [6.45, 7) is 0. The van der Waals surface area contributed by atoms with Gasteiger partial charge >= 0.3 is 0 Å².